The highest BCUT2D eigenvalue weighted by atomic mass is 16.5. The first kappa shape index (κ1) is 17.4. The highest BCUT2D eigenvalue weighted by molar-refractivity contribution is 5.81. The Bertz CT molecular complexity index is 276. The lowest BCUT2D eigenvalue weighted by Gasteiger charge is -2.24. The van der Waals surface area contributed by atoms with Crippen molar-refractivity contribution < 1.29 is 14.6 Å². The number of amides is 1. The Morgan fingerprint density at radius 2 is 1.95 bits per heavy atom. The zero-order valence-electron chi connectivity index (χ0n) is 13.1. The van der Waals surface area contributed by atoms with E-state index in [2.05, 4.69) is 5.32 Å². The van der Waals surface area contributed by atoms with Crippen LogP contribution in [0.2, 0.25) is 0 Å². The first-order valence-electron chi connectivity index (χ1n) is 7.90. The molecule has 5 nitrogen and oxygen atoms in total. The summed E-state index contributed by atoms with van der Waals surface area (Å²) in [6.45, 7) is 7.95. The lowest BCUT2D eigenvalue weighted by molar-refractivity contribution is -0.132. The molecule has 0 saturated heterocycles. The van der Waals surface area contributed by atoms with Crippen LogP contribution in [0.5, 0.6) is 0 Å². The number of carbonyl (C=O) groups excluding carboxylic acids is 1. The van der Waals surface area contributed by atoms with E-state index in [0.29, 0.717) is 32.3 Å². The van der Waals surface area contributed by atoms with Gasteiger partial charge in [0.2, 0.25) is 5.91 Å². The van der Waals surface area contributed by atoms with Gasteiger partial charge >= 0.3 is 0 Å². The SMILES string of the molecule is CCN(CC)C(=O)C(C)NCC(O)COC1CCCC1. The van der Waals surface area contributed by atoms with E-state index in [1.165, 1.54) is 12.8 Å². The van der Waals surface area contributed by atoms with Gasteiger partial charge in [0.15, 0.2) is 0 Å². The Kier molecular flexibility index (Phi) is 8.11. The normalized spacial score (nSPS) is 19.0. The van der Waals surface area contributed by atoms with Crippen LogP contribution in [0.25, 0.3) is 0 Å². The van der Waals surface area contributed by atoms with Gasteiger partial charge in [-0.1, -0.05) is 12.8 Å². The molecule has 1 rings (SSSR count). The second-order valence-electron chi connectivity index (χ2n) is 5.53. The molecule has 0 aliphatic heterocycles. The highest BCUT2D eigenvalue weighted by Gasteiger charge is 2.20. The Balaban J connectivity index is 2.18. The van der Waals surface area contributed by atoms with Crippen LogP contribution in [-0.4, -0.2) is 60.4 Å². The van der Waals surface area contributed by atoms with Crippen molar-refractivity contribution in [3.63, 3.8) is 0 Å². The molecule has 0 spiro atoms. The third-order valence-electron chi connectivity index (χ3n) is 3.93. The standard InChI is InChI=1S/C15H30N2O3/c1-4-17(5-2)15(19)12(3)16-10-13(18)11-20-14-8-6-7-9-14/h12-14,16,18H,4-11H2,1-3H3. The lowest BCUT2D eigenvalue weighted by atomic mass is 10.2. The van der Waals surface area contributed by atoms with Crippen molar-refractivity contribution in [3.05, 3.63) is 0 Å². The number of hydrogen-bond acceptors (Lipinski definition) is 4. The smallest absolute Gasteiger partial charge is 0.239 e. The number of hydrogen-bond donors (Lipinski definition) is 2. The lowest BCUT2D eigenvalue weighted by Crippen LogP contribution is -2.47. The molecule has 0 heterocycles. The van der Waals surface area contributed by atoms with E-state index in [0.717, 1.165) is 12.8 Å². The summed E-state index contributed by atoms with van der Waals surface area (Å²) >= 11 is 0. The second-order valence-corrected chi connectivity index (χ2v) is 5.53. The second kappa shape index (κ2) is 9.32. The Morgan fingerprint density at radius 1 is 1.35 bits per heavy atom. The Hall–Kier alpha value is -0.650. The van der Waals surface area contributed by atoms with E-state index in [1.54, 1.807) is 4.90 Å². The van der Waals surface area contributed by atoms with E-state index in [9.17, 15) is 9.90 Å². The number of ether oxygens (including phenoxy) is 1. The van der Waals surface area contributed by atoms with E-state index in [-0.39, 0.29) is 11.9 Å². The van der Waals surface area contributed by atoms with Crippen LogP contribution in [0.4, 0.5) is 0 Å². The van der Waals surface area contributed by atoms with Crippen LogP contribution in [0.3, 0.4) is 0 Å². The van der Waals surface area contributed by atoms with Crippen molar-refractivity contribution in [1.29, 1.82) is 0 Å². The minimum Gasteiger partial charge on any atom is -0.389 e. The summed E-state index contributed by atoms with van der Waals surface area (Å²) in [6, 6.07) is -0.268. The zero-order valence-corrected chi connectivity index (χ0v) is 13.1. The number of rotatable bonds is 9. The molecule has 118 valence electrons. The number of nitrogens with zero attached hydrogens (tertiary/aromatic N) is 1. The van der Waals surface area contributed by atoms with Crippen LogP contribution in [0, 0.1) is 0 Å². The van der Waals surface area contributed by atoms with E-state index >= 15 is 0 Å². The maximum absolute atomic E-state index is 12.0. The zero-order chi connectivity index (χ0) is 15.0. The number of aliphatic hydroxyl groups excluding tert-OH is 1. The molecule has 0 aromatic carbocycles. The average Bonchev–Trinajstić information content (AvgIpc) is 2.96. The molecular weight excluding hydrogens is 256 g/mol. The fourth-order valence-electron chi connectivity index (χ4n) is 2.57. The molecule has 5 heteroatoms. The third-order valence-corrected chi connectivity index (χ3v) is 3.93. The van der Waals surface area contributed by atoms with Crippen molar-refractivity contribution >= 4 is 5.91 Å². The molecule has 1 amide bonds. The summed E-state index contributed by atoms with van der Waals surface area (Å²) in [5.41, 5.74) is 0. The van der Waals surface area contributed by atoms with Crippen LogP contribution in [0.1, 0.15) is 46.5 Å². The summed E-state index contributed by atoms with van der Waals surface area (Å²) < 4.78 is 5.66. The highest BCUT2D eigenvalue weighted by Crippen LogP contribution is 2.20. The van der Waals surface area contributed by atoms with E-state index < -0.39 is 6.10 Å². The molecule has 2 N–H and O–H groups in total. The minimum atomic E-state index is -0.553. The van der Waals surface area contributed by atoms with Crippen LogP contribution < -0.4 is 5.32 Å². The quantitative estimate of drug-likeness (QED) is 0.667. The molecule has 1 saturated carbocycles. The maximum Gasteiger partial charge on any atom is 0.239 e. The van der Waals surface area contributed by atoms with E-state index in [1.807, 2.05) is 20.8 Å². The van der Waals surface area contributed by atoms with E-state index in [4.69, 9.17) is 4.74 Å². The van der Waals surface area contributed by atoms with Gasteiger partial charge < -0.3 is 20.1 Å². The van der Waals surface area contributed by atoms with Crippen LogP contribution in [0.15, 0.2) is 0 Å². The molecule has 0 radical (unpaired) electrons. The van der Waals surface area contributed by atoms with Gasteiger partial charge in [0.25, 0.3) is 0 Å². The third kappa shape index (κ3) is 5.77. The molecule has 20 heavy (non-hydrogen) atoms. The summed E-state index contributed by atoms with van der Waals surface area (Å²) in [6.07, 6.45) is 4.44. The monoisotopic (exact) mass is 286 g/mol. The predicted octanol–water partition coefficient (Wildman–Crippen LogP) is 1.15. The fourth-order valence-corrected chi connectivity index (χ4v) is 2.57. The number of likely N-dealkylation sites (N-methyl/N-ethyl adjacent to an activating group) is 1. The van der Waals surface area contributed by atoms with Gasteiger partial charge in [0.1, 0.15) is 0 Å². The van der Waals surface area contributed by atoms with Gasteiger partial charge in [-0.05, 0) is 33.6 Å². The predicted molar refractivity (Wildman–Crippen MR) is 79.6 cm³/mol. The van der Waals surface area contributed by atoms with Gasteiger partial charge in [-0.2, -0.15) is 0 Å². The summed E-state index contributed by atoms with van der Waals surface area (Å²) in [5.74, 6) is 0.0823. The Morgan fingerprint density at radius 3 is 2.50 bits per heavy atom. The number of carbonyl (C=O) groups is 1. The minimum absolute atomic E-state index is 0.0823. The maximum atomic E-state index is 12.0. The fraction of sp³-hybridized carbons (Fsp3) is 0.933. The van der Waals surface area contributed by atoms with Crippen molar-refractivity contribution in [2.45, 2.75) is 64.7 Å². The molecule has 1 aliphatic rings. The van der Waals surface area contributed by atoms with Crippen molar-refractivity contribution in [2.75, 3.05) is 26.2 Å². The molecule has 0 aromatic rings. The van der Waals surface area contributed by atoms with Crippen molar-refractivity contribution in [1.82, 2.24) is 10.2 Å². The van der Waals surface area contributed by atoms with Crippen LogP contribution in [-0.2, 0) is 9.53 Å². The summed E-state index contributed by atoms with van der Waals surface area (Å²) in [7, 11) is 0. The number of aliphatic hydroxyl groups is 1. The molecule has 1 aliphatic carbocycles. The average molecular weight is 286 g/mol. The largest absolute Gasteiger partial charge is 0.389 e. The Labute approximate surface area is 122 Å². The van der Waals surface area contributed by atoms with Gasteiger partial charge in [0.05, 0.1) is 24.9 Å². The van der Waals surface area contributed by atoms with Crippen molar-refractivity contribution in [3.8, 4) is 0 Å². The first-order chi connectivity index (χ1) is 9.58. The molecule has 0 bridgehead atoms. The van der Waals surface area contributed by atoms with Crippen LogP contribution >= 0.6 is 0 Å². The van der Waals surface area contributed by atoms with Gasteiger partial charge in [-0.3, -0.25) is 4.79 Å². The topological polar surface area (TPSA) is 61.8 Å². The molecule has 0 aromatic heterocycles. The van der Waals surface area contributed by atoms with Gasteiger partial charge in [-0.25, -0.2) is 0 Å². The molecular formula is C15H30N2O3. The summed E-state index contributed by atoms with van der Waals surface area (Å²) in [5, 5.41) is 13.0. The van der Waals surface area contributed by atoms with Gasteiger partial charge in [-0.15, -0.1) is 0 Å². The first-order valence-corrected chi connectivity index (χ1v) is 7.90. The molecule has 1 fully saturated rings. The number of nitrogens with one attached hydrogen (secondary N) is 1. The van der Waals surface area contributed by atoms with Crippen molar-refractivity contribution in [2.24, 2.45) is 0 Å². The molecule has 2 unspecified atom stereocenters. The van der Waals surface area contributed by atoms with Gasteiger partial charge in [0, 0.05) is 19.6 Å². The summed E-state index contributed by atoms with van der Waals surface area (Å²) in [4.78, 5) is 13.8. The molecule has 2 atom stereocenters.